The van der Waals surface area contributed by atoms with Crippen LogP contribution in [0, 0.1) is 0 Å². The second-order valence-electron chi connectivity index (χ2n) is 27.8. The number of rotatable bonds is 12. The highest BCUT2D eigenvalue weighted by Gasteiger charge is 2.50. The highest BCUT2D eigenvalue weighted by atomic mass is 15.2. The van der Waals surface area contributed by atoms with Gasteiger partial charge in [0.15, 0.2) is 0 Å². The predicted molar refractivity (Wildman–Crippen MR) is 451 cm³/mol. The summed E-state index contributed by atoms with van der Waals surface area (Å²) in [6.45, 7) is 0. The van der Waals surface area contributed by atoms with E-state index in [2.05, 4.69) is 444 Å². The molecule has 107 heavy (non-hydrogen) atoms. The maximum absolute atomic E-state index is 2.52. The molecule has 21 rings (SSSR count). The van der Waals surface area contributed by atoms with Crippen molar-refractivity contribution in [1.29, 1.82) is 0 Å². The van der Waals surface area contributed by atoms with Crippen LogP contribution < -0.4 is 14.7 Å². The minimum Gasteiger partial charge on any atom is -0.310 e. The van der Waals surface area contributed by atoms with E-state index in [1.165, 1.54) is 121 Å². The van der Waals surface area contributed by atoms with Crippen molar-refractivity contribution in [3.8, 4) is 50.2 Å². The second kappa shape index (κ2) is 26.3. The number of anilines is 9. The lowest BCUT2D eigenvalue weighted by Crippen LogP contribution is -2.32. The molecule has 0 amide bonds. The first-order valence-corrected chi connectivity index (χ1v) is 36.9. The average Bonchev–Trinajstić information content (AvgIpc) is 1.55. The molecule has 0 saturated heterocycles. The first-order chi connectivity index (χ1) is 53.1. The van der Waals surface area contributed by atoms with E-state index in [9.17, 15) is 0 Å². The van der Waals surface area contributed by atoms with Gasteiger partial charge in [-0.1, -0.05) is 315 Å². The number of hydrogen-bond acceptors (Lipinski definition) is 3. The van der Waals surface area contributed by atoms with Gasteiger partial charge in [0, 0.05) is 66.9 Å². The normalized spacial score (nSPS) is 12.2. The van der Waals surface area contributed by atoms with Gasteiger partial charge < -0.3 is 19.3 Å². The van der Waals surface area contributed by atoms with Crippen molar-refractivity contribution in [3.63, 3.8) is 0 Å². The molecular formula is C103H70N4. The number of hydrogen-bond donors (Lipinski definition) is 0. The number of para-hydroxylation sites is 5. The maximum Gasteiger partial charge on any atom is 0.0726 e. The fourth-order valence-electron chi connectivity index (χ4n) is 17.4. The lowest BCUT2D eigenvalue weighted by Gasteiger charge is -2.41. The van der Waals surface area contributed by atoms with Crippen LogP contribution in [0.1, 0.15) is 22.3 Å². The number of nitrogens with zero attached hydrogens (tertiary/aromatic N) is 4. The molecular weight excluding hydrogens is 1290 g/mol. The second-order valence-corrected chi connectivity index (χ2v) is 27.8. The molecule has 0 saturated carbocycles. The van der Waals surface area contributed by atoms with Gasteiger partial charge >= 0.3 is 0 Å². The van der Waals surface area contributed by atoms with Crippen LogP contribution in [0.3, 0.4) is 0 Å². The predicted octanol–water partition coefficient (Wildman–Crippen LogP) is 28.0. The lowest BCUT2D eigenvalue weighted by molar-refractivity contribution is 0.773. The van der Waals surface area contributed by atoms with Crippen LogP contribution in [-0.2, 0) is 5.41 Å². The fourth-order valence-corrected chi connectivity index (χ4v) is 17.4. The Bertz CT molecular complexity index is 6340. The van der Waals surface area contributed by atoms with Gasteiger partial charge in [-0.2, -0.15) is 0 Å². The number of fused-ring (bicyclic) bond motifs is 14. The highest BCUT2D eigenvalue weighted by Crippen LogP contribution is 2.63. The van der Waals surface area contributed by atoms with Crippen molar-refractivity contribution < 1.29 is 0 Å². The van der Waals surface area contributed by atoms with E-state index in [1.807, 2.05) is 0 Å². The van der Waals surface area contributed by atoms with Gasteiger partial charge in [0.2, 0.25) is 0 Å². The number of benzene rings is 18. The van der Waals surface area contributed by atoms with Crippen LogP contribution in [0.4, 0.5) is 51.2 Å². The molecule has 19 aromatic rings. The Labute approximate surface area is 623 Å². The Morgan fingerprint density at radius 3 is 1.19 bits per heavy atom. The molecule has 1 aromatic heterocycles. The number of aromatic nitrogens is 1. The smallest absolute Gasteiger partial charge is 0.0726 e. The summed E-state index contributed by atoms with van der Waals surface area (Å²) in [5.74, 6) is 0. The summed E-state index contributed by atoms with van der Waals surface area (Å²) in [5.41, 5.74) is 28.3. The zero-order chi connectivity index (χ0) is 70.8. The topological polar surface area (TPSA) is 14.7 Å². The summed E-state index contributed by atoms with van der Waals surface area (Å²) >= 11 is 0. The first-order valence-electron chi connectivity index (χ1n) is 36.9. The molecule has 2 aliphatic carbocycles. The van der Waals surface area contributed by atoms with Gasteiger partial charge in [0.1, 0.15) is 0 Å². The van der Waals surface area contributed by atoms with Crippen molar-refractivity contribution in [2.45, 2.75) is 5.41 Å². The summed E-state index contributed by atoms with van der Waals surface area (Å²) in [6, 6.07) is 155. The molecule has 0 bridgehead atoms. The van der Waals surface area contributed by atoms with E-state index < -0.39 is 5.41 Å². The third-order valence-electron chi connectivity index (χ3n) is 22.0. The minimum absolute atomic E-state index is 0.527. The van der Waals surface area contributed by atoms with Crippen molar-refractivity contribution in [2.75, 3.05) is 14.7 Å². The van der Waals surface area contributed by atoms with Crippen LogP contribution in [0.25, 0.3) is 104 Å². The third-order valence-corrected chi connectivity index (χ3v) is 22.0. The van der Waals surface area contributed by atoms with Crippen molar-refractivity contribution in [1.82, 2.24) is 4.57 Å². The lowest BCUT2D eigenvalue weighted by atomic mass is 9.61. The molecule has 0 fully saturated rings. The molecule has 0 radical (unpaired) electrons. The molecule has 4 heteroatoms. The summed E-state index contributed by atoms with van der Waals surface area (Å²) in [7, 11) is 0. The van der Waals surface area contributed by atoms with Crippen molar-refractivity contribution in [3.05, 3.63) is 447 Å². The molecule has 0 aliphatic heterocycles. The Morgan fingerprint density at radius 1 is 0.196 bits per heavy atom. The summed E-state index contributed by atoms with van der Waals surface area (Å²) in [6.07, 6.45) is 0. The van der Waals surface area contributed by atoms with Crippen molar-refractivity contribution in [2.24, 2.45) is 0 Å². The third kappa shape index (κ3) is 10.5. The van der Waals surface area contributed by atoms with Gasteiger partial charge in [-0.3, -0.25) is 0 Å². The largest absolute Gasteiger partial charge is 0.310 e. The van der Waals surface area contributed by atoms with Gasteiger partial charge in [-0.05, 0) is 192 Å². The maximum atomic E-state index is 2.52. The zero-order valence-corrected chi connectivity index (χ0v) is 58.7. The molecule has 4 nitrogen and oxygen atoms in total. The summed E-state index contributed by atoms with van der Waals surface area (Å²) in [5, 5.41) is 9.98. The highest BCUT2D eigenvalue weighted by molar-refractivity contribution is 6.12. The molecule has 502 valence electrons. The molecule has 0 atom stereocenters. The SMILES string of the molecule is c1ccc(-c2ccccc2N(c2ccc3c(c2)C2(c4ccccc4-c4ccccc42)c2cccc4cccc-3c24)c2ccc3c4ccccc4n(-c4ccccc4)c3c2)cc1.c1ccc(N(c2ccc(-c3ccc(N(c4ccccc4)c4cccc5ccccc45)cc3)cc2)c2cccc3ccccc23)cc1. The van der Waals surface area contributed by atoms with Crippen LogP contribution in [-0.4, -0.2) is 4.57 Å². The van der Waals surface area contributed by atoms with E-state index in [-0.39, 0.29) is 0 Å². The van der Waals surface area contributed by atoms with Gasteiger partial charge in [-0.25, -0.2) is 0 Å². The fraction of sp³-hybridized carbons (Fsp3) is 0.00971. The van der Waals surface area contributed by atoms with Crippen LogP contribution in [0.2, 0.25) is 0 Å². The van der Waals surface area contributed by atoms with Crippen LogP contribution in [0.15, 0.2) is 425 Å². The summed E-state index contributed by atoms with van der Waals surface area (Å²) in [4.78, 5) is 7.19. The van der Waals surface area contributed by atoms with E-state index in [1.54, 1.807) is 0 Å². The standard InChI is InChI=1S/C59H38N2.C44H32N2/c1-3-17-39(18-4-1)44-23-9-13-31-55(44)60(43-34-36-49-48-26-10-14-32-56(48)61(57(49)38-43)41-21-5-2-6-22-41)42-33-35-47-50-27-15-19-40-20-16-30-53(58(40)50)59(54(47)37-42)51-28-11-7-24-45(51)46-25-8-12-29-52(46)59;1-3-17-37(18-4-1)45(43-23-11-15-35-13-7-9-21-41(35)43)39-29-25-33(26-30-39)34-27-31-40(32-28-34)46(38-19-5-2-6-20-38)44-24-12-16-36-14-8-10-22-42(36)44/h1-38H;1-32H. The van der Waals surface area contributed by atoms with Crippen LogP contribution >= 0.6 is 0 Å². The zero-order valence-electron chi connectivity index (χ0n) is 58.7. The molecule has 0 N–H and O–H groups in total. The molecule has 18 aromatic carbocycles. The minimum atomic E-state index is -0.527. The van der Waals surface area contributed by atoms with Gasteiger partial charge in [0.05, 0.1) is 33.5 Å². The molecule has 0 unspecified atom stereocenters. The first kappa shape index (κ1) is 62.7. The van der Waals surface area contributed by atoms with E-state index in [0.717, 1.165) is 56.9 Å². The van der Waals surface area contributed by atoms with Gasteiger partial charge in [-0.15, -0.1) is 0 Å². The monoisotopic (exact) mass is 1360 g/mol. The Morgan fingerprint density at radius 2 is 0.579 bits per heavy atom. The quantitative estimate of drug-likeness (QED) is 0.121. The van der Waals surface area contributed by atoms with Crippen molar-refractivity contribution >= 4 is 105 Å². The Kier molecular flexibility index (Phi) is 15.4. The molecule has 1 heterocycles. The Balaban J connectivity index is 0.000000147. The van der Waals surface area contributed by atoms with E-state index in [4.69, 9.17) is 0 Å². The average molecular weight is 1360 g/mol. The van der Waals surface area contributed by atoms with Gasteiger partial charge in [0.25, 0.3) is 0 Å². The van der Waals surface area contributed by atoms with Crippen LogP contribution in [0.5, 0.6) is 0 Å². The van der Waals surface area contributed by atoms with E-state index in [0.29, 0.717) is 0 Å². The van der Waals surface area contributed by atoms with E-state index >= 15 is 0 Å². The summed E-state index contributed by atoms with van der Waals surface area (Å²) < 4.78 is 2.42. The molecule has 1 spiro atoms. The molecule has 2 aliphatic rings. The Hall–Kier alpha value is -14.1.